The maximum atomic E-state index is 11.2. The van der Waals surface area contributed by atoms with Gasteiger partial charge in [0, 0.05) is 76.3 Å². The highest BCUT2D eigenvalue weighted by molar-refractivity contribution is 5.70. The van der Waals surface area contributed by atoms with Gasteiger partial charge < -0.3 is 41.1 Å². The van der Waals surface area contributed by atoms with Gasteiger partial charge in [-0.25, -0.2) is 39.9 Å². The van der Waals surface area contributed by atoms with E-state index in [0.29, 0.717) is 92.9 Å². The summed E-state index contributed by atoms with van der Waals surface area (Å²) in [4.78, 5) is 45.9. The lowest BCUT2D eigenvalue weighted by molar-refractivity contribution is 0.119. The molecule has 0 aliphatic rings. The third-order valence-electron chi connectivity index (χ3n) is 8.46. The number of hydrogen-bond acceptors (Lipinski definition) is 18. The Bertz CT molecular complexity index is 2070. The molecule has 0 saturated carbocycles. The van der Waals surface area contributed by atoms with Crippen molar-refractivity contribution in [3.8, 4) is 28.7 Å². The molecule has 2 atom stereocenters. The summed E-state index contributed by atoms with van der Waals surface area (Å²) >= 11 is 0. The van der Waals surface area contributed by atoms with Crippen molar-refractivity contribution in [2.24, 2.45) is 0 Å². The fourth-order valence-corrected chi connectivity index (χ4v) is 5.57. The second-order valence-electron chi connectivity index (χ2n) is 12.5. The maximum Gasteiger partial charge on any atom is 0.226 e. The van der Waals surface area contributed by atoms with Crippen molar-refractivity contribution in [3.63, 3.8) is 0 Å². The first-order chi connectivity index (χ1) is 27.6. The molecule has 2 unspecified atom stereocenters. The van der Waals surface area contributed by atoms with Crippen molar-refractivity contribution in [2.45, 2.75) is 31.4 Å². The number of aromatic nitrogens is 10. The van der Waals surface area contributed by atoms with Gasteiger partial charge in [-0.05, 0) is 61.7 Å². The number of pyridine rings is 4. The second-order valence-corrected chi connectivity index (χ2v) is 12.5. The number of nitrogens with zero attached hydrogens (tertiary/aromatic N) is 11. The van der Waals surface area contributed by atoms with E-state index in [1.807, 2.05) is 54.4 Å². The molecule has 6 heterocycles. The molecule has 18 heteroatoms. The molecule has 0 radical (unpaired) electrons. The molecule has 6 rings (SSSR count). The highest BCUT2D eigenvalue weighted by Gasteiger charge is 2.21. The van der Waals surface area contributed by atoms with Crippen LogP contribution in [0.2, 0.25) is 0 Å². The van der Waals surface area contributed by atoms with E-state index >= 15 is 0 Å². The van der Waals surface area contributed by atoms with E-state index < -0.39 is 12.1 Å². The number of aliphatic hydroxyl groups is 2. The molecule has 6 N–H and O–H groups in total. The first-order valence-corrected chi connectivity index (χ1v) is 18.3. The van der Waals surface area contributed by atoms with Crippen molar-refractivity contribution in [1.29, 1.82) is 0 Å². The van der Waals surface area contributed by atoms with E-state index in [1.165, 1.54) is 12.7 Å². The Labute approximate surface area is 324 Å². The topological polar surface area (TPSA) is 230 Å². The van der Waals surface area contributed by atoms with Gasteiger partial charge in [0.2, 0.25) is 17.8 Å². The van der Waals surface area contributed by atoms with Gasteiger partial charge in [0.05, 0.1) is 24.3 Å². The average Bonchev–Trinajstić information content (AvgIpc) is 3.25. The first-order valence-electron chi connectivity index (χ1n) is 18.3. The van der Waals surface area contributed by atoms with Crippen LogP contribution < -0.4 is 30.9 Å². The number of anilines is 5. The summed E-state index contributed by atoms with van der Waals surface area (Å²) in [5, 5.41) is 34.1. The zero-order valence-corrected chi connectivity index (χ0v) is 31.0. The zero-order valence-electron chi connectivity index (χ0n) is 31.0. The standard InChI is InChI=1S/C38H45N15O3/c1-53(32-11-3-5-15-41-32)21-20-45-38-49-26-47-36(52-38)28-8-6-16-43-35(28)50-29(13-22-54)30(55)9-7-23-56-33-24-27(12-17-42-33)34-46-25-48-37(51-34)44-19-18-40-31-10-2-4-14-39-31/h2-6,8,10-12,14-17,24-26,29-30,54-55H,7,9,13,18-23H2,1H3,(H,39,40)(H,43,50)(H,44,46,48,51)(H,45,47,49,52). The molecule has 6 aromatic rings. The quantitative estimate of drug-likeness (QED) is 0.0545. The Morgan fingerprint density at radius 2 is 1.46 bits per heavy atom. The molecular formula is C38H45N15O3. The first kappa shape index (κ1) is 39.0. The zero-order chi connectivity index (χ0) is 38.8. The number of nitrogens with one attached hydrogen (secondary N) is 4. The number of aliphatic hydroxyl groups excluding tert-OH is 2. The average molecular weight is 760 g/mol. The summed E-state index contributed by atoms with van der Waals surface area (Å²) in [5.74, 6) is 4.30. The second kappa shape index (κ2) is 20.7. The highest BCUT2D eigenvalue weighted by Crippen LogP contribution is 2.25. The van der Waals surface area contributed by atoms with Gasteiger partial charge in [-0.1, -0.05) is 12.1 Å². The minimum absolute atomic E-state index is 0.132. The van der Waals surface area contributed by atoms with Gasteiger partial charge in [-0.15, -0.1) is 0 Å². The lowest BCUT2D eigenvalue weighted by atomic mass is 10.0. The lowest BCUT2D eigenvalue weighted by Gasteiger charge is -2.25. The number of rotatable bonds is 22. The van der Waals surface area contributed by atoms with Crippen LogP contribution in [0, 0.1) is 0 Å². The van der Waals surface area contributed by atoms with Crippen LogP contribution in [0.15, 0.2) is 98.1 Å². The predicted molar refractivity (Wildman–Crippen MR) is 213 cm³/mol. The van der Waals surface area contributed by atoms with Crippen molar-refractivity contribution in [1.82, 2.24) is 49.8 Å². The largest absolute Gasteiger partial charge is 0.478 e. The fraction of sp³-hybridized carbons (Fsp3) is 0.316. The SMILES string of the molecule is CN(CCNc1ncnc(-c2cccnc2NC(CCO)C(O)CCCOc2cc(-c3ncnc(NCCNc4ccccn4)n3)ccn2)n1)c1ccccn1. The molecular weight excluding hydrogens is 715 g/mol. The Morgan fingerprint density at radius 3 is 2.25 bits per heavy atom. The summed E-state index contributed by atoms with van der Waals surface area (Å²) in [5.41, 5.74) is 1.35. The molecule has 0 aliphatic heterocycles. The summed E-state index contributed by atoms with van der Waals surface area (Å²) < 4.78 is 5.94. The Balaban J connectivity index is 0.983. The molecule has 0 bridgehead atoms. The minimum Gasteiger partial charge on any atom is -0.478 e. The molecule has 0 saturated heterocycles. The number of ether oxygens (including phenoxy) is 1. The van der Waals surface area contributed by atoms with Crippen molar-refractivity contribution in [3.05, 3.63) is 98.1 Å². The minimum atomic E-state index is -0.818. The molecule has 0 aromatic carbocycles. The van der Waals surface area contributed by atoms with Crippen LogP contribution in [0.5, 0.6) is 5.88 Å². The monoisotopic (exact) mass is 759 g/mol. The Kier molecular flexibility index (Phi) is 14.4. The molecule has 0 aliphatic carbocycles. The van der Waals surface area contributed by atoms with E-state index in [1.54, 1.807) is 43.0 Å². The van der Waals surface area contributed by atoms with Gasteiger partial charge in [0.15, 0.2) is 11.6 Å². The van der Waals surface area contributed by atoms with Crippen LogP contribution in [0.1, 0.15) is 19.3 Å². The van der Waals surface area contributed by atoms with Gasteiger partial charge in [0.1, 0.15) is 30.1 Å². The molecule has 0 amide bonds. The van der Waals surface area contributed by atoms with Crippen LogP contribution in [0.4, 0.5) is 29.4 Å². The Hall–Kier alpha value is -6.66. The number of likely N-dealkylation sites (N-methyl/N-ethyl adjacent to an activating group) is 1. The predicted octanol–water partition coefficient (Wildman–Crippen LogP) is 3.43. The van der Waals surface area contributed by atoms with Crippen LogP contribution >= 0.6 is 0 Å². The summed E-state index contributed by atoms with van der Waals surface area (Å²) in [6, 6.07) is 18.2. The normalized spacial score (nSPS) is 12.0. The molecule has 0 fully saturated rings. The van der Waals surface area contributed by atoms with E-state index in [0.717, 1.165) is 17.2 Å². The van der Waals surface area contributed by atoms with Crippen molar-refractivity contribution in [2.75, 3.05) is 72.6 Å². The third-order valence-corrected chi connectivity index (χ3v) is 8.46. The smallest absolute Gasteiger partial charge is 0.226 e. The summed E-state index contributed by atoms with van der Waals surface area (Å²) in [7, 11) is 1.97. The molecule has 0 spiro atoms. The molecule has 6 aromatic heterocycles. The van der Waals surface area contributed by atoms with Crippen LogP contribution in [0.25, 0.3) is 22.8 Å². The van der Waals surface area contributed by atoms with Gasteiger partial charge in [0.25, 0.3) is 0 Å². The van der Waals surface area contributed by atoms with Crippen molar-refractivity contribution >= 4 is 29.4 Å². The van der Waals surface area contributed by atoms with E-state index in [4.69, 9.17) is 4.74 Å². The maximum absolute atomic E-state index is 11.2. The Morgan fingerprint density at radius 1 is 0.714 bits per heavy atom. The summed E-state index contributed by atoms with van der Waals surface area (Å²) in [6.45, 7) is 2.65. The fourth-order valence-electron chi connectivity index (χ4n) is 5.57. The van der Waals surface area contributed by atoms with Crippen LogP contribution in [-0.2, 0) is 0 Å². The van der Waals surface area contributed by atoms with E-state index in [-0.39, 0.29) is 6.61 Å². The van der Waals surface area contributed by atoms with E-state index in [2.05, 4.69) is 71.1 Å². The van der Waals surface area contributed by atoms with Crippen LogP contribution in [-0.4, -0.2) is 119 Å². The molecule has 18 nitrogen and oxygen atoms in total. The third kappa shape index (κ3) is 11.7. The van der Waals surface area contributed by atoms with Crippen LogP contribution in [0.3, 0.4) is 0 Å². The highest BCUT2D eigenvalue weighted by atomic mass is 16.5. The van der Waals surface area contributed by atoms with Gasteiger partial charge in [-0.3, -0.25) is 0 Å². The molecule has 290 valence electrons. The van der Waals surface area contributed by atoms with Crippen molar-refractivity contribution < 1.29 is 14.9 Å². The van der Waals surface area contributed by atoms with Gasteiger partial charge >= 0.3 is 0 Å². The summed E-state index contributed by atoms with van der Waals surface area (Å²) in [6.07, 6.45) is 10.1. The molecule has 56 heavy (non-hydrogen) atoms. The number of hydrogen-bond donors (Lipinski definition) is 6. The van der Waals surface area contributed by atoms with E-state index in [9.17, 15) is 10.2 Å². The van der Waals surface area contributed by atoms with Gasteiger partial charge in [-0.2, -0.15) is 9.97 Å². The lowest BCUT2D eigenvalue weighted by Crippen LogP contribution is -2.35.